The number of aryl methyl sites for hydroxylation is 1. The van der Waals surface area contributed by atoms with Gasteiger partial charge >= 0.3 is 0 Å². The van der Waals surface area contributed by atoms with Crippen LogP contribution in [0.2, 0.25) is 0 Å². The van der Waals surface area contributed by atoms with Gasteiger partial charge in [-0.15, -0.1) is 0 Å². The zero-order valence-corrected chi connectivity index (χ0v) is 11.0. The third-order valence-corrected chi connectivity index (χ3v) is 2.84. The van der Waals surface area contributed by atoms with Crippen LogP contribution >= 0.6 is 0 Å². The molecule has 0 bridgehead atoms. The van der Waals surface area contributed by atoms with Gasteiger partial charge in [0.1, 0.15) is 5.82 Å². The summed E-state index contributed by atoms with van der Waals surface area (Å²) in [6.07, 6.45) is 3.74. The molecular formula is C14H15FN4. The van der Waals surface area contributed by atoms with Crippen LogP contribution in [-0.2, 0) is 20.1 Å². The van der Waals surface area contributed by atoms with E-state index in [1.807, 2.05) is 25.2 Å². The van der Waals surface area contributed by atoms with E-state index in [-0.39, 0.29) is 5.82 Å². The third-order valence-electron chi connectivity index (χ3n) is 2.84. The second-order valence-electron chi connectivity index (χ2n) is 4.61. The average Bonchev–Trinajstić information content (AvgIpc) is 2.75. The summed E-state index contributed by atoms with van der Waals surface area (Å²) in [5.41, 5.74) is 2.30. The topological polar surface area (TPSA) is 44.9 Å². The van der Waals surface area contributed by atoms with Crippen molar-refractivity contribution in [2.75, 3.05) is 7.05 Å². The second kappa shape index (κ2) is 5.63. The molecule has 0 aliphatic heterocycles. The van der Waals surface area contributed by atoms with E-state index in [1.165, 1.54) is 18.2 Å². The number of aromatic nitrogens is 2. The van der Waals surface area contributed by atoms with Crippen LogP contribution in [0.25, 0.3) is 0 Å². The highest BCUT2D eigenvalue weighted by molar-refractivity contribution is 5.37. The number of halogens is 1. The number of hydrogen-bond donors (Lipinski definition) is 0. The van der Waals surface area contributed by atoms with Gasteiger partial charge in [0, 0.05) is 31.9 Å². The van der Waals surface area contributed by atoms with Crippen molar-refractivity contribution in [1.29, 1.82) is 5.26 Å². The Morgan fingerprint density at radius 2 is 2.21 bits per heavy atom. The van der Waals surface area contributed by atoms with E-state index in [1.54, 1.807) is 10.9 Å². The Morgan fingerprint density at radius 1 is 1.42 bits per heavy atom. The van der Waals surface area contributed by atoms with Gasteiger partial charge in [-0.25, -0.2) is 4.39 Å². The molecule has 0 amide bonds. The Balaban J connectivity index is 2.08. The van der Waals surface area contributed by atoms with Crippen molar-refractivity contribution in [2.45, 2.75) is 13.1 Å². The van der Waals surface area contributed by atoms with Crippen LogP contribution in [0, 0.1) is 17.1 Å². The zero-order chi connectivity index (χ0) is 13.8. The maximum Gasteiger partial charge on any atom is 0.123 e. The van der Waals surface area contributed by atoms with Gasteiger partial charge < -0.3 is 0 Å². The molecule has 0 saturated heterocycles. The van der Waals surface area contributed by atoms with E-state index in [9.17, 15) is 4.39 Å². The van der Waals surface area contributed by atoms with Crippen molar-refractivity contribution >= 4 is 0 Å². The minimum Gasteiger partial charge on any atom is -0.298 e. The number of rotatable bonds is 4. The van der Waals surface area contributed by atoms with Gasteiger partial charge in [0.25, 0.3) is 0 Å². The molecule has 0 aliphatic carbocycles. The molecule has 0 atom stereocenters. The largest absolute Gasteiger partial charge is 0.298 e. The Hall–Kier alpha value is -2.19. The van der Waals surface area contributed by atoms with Crippen molar-refractivity contribution in [3.63, 3.8) is 0 Å². The molecule has 1 heterocycles. The molecule has 0 radical (unpaired) electrons. The van der Waals surface area contributed by atoms with Crippen molar-refractivity contribution in [2.24, 2.45) is 7.05 Å². The molecule has 2 aromatic rings. The predicted molar refractivity (Wildman–Crippen MR) is 69.5 cm³/mol. The fourth-order valence-corrected chi connectivity index (χ4v) is 2.01. The average molecular weight is 258 g/mol. The van der Waals surface area contributed by atoms with Crippen molar-refractivity contribution in [3.05, 3.63) is 53.1 Å². The van der Waals surface area contributed by atoms with E-state index in [2.05, 4.69) is 11.2 Å². The number of benzene rings is 1. The molecular weight excluding hydrogens is 243 g/mol. The lowest BCUT2D eigenvalue weighted by Gasteiger charge is -2.16. The molecule has 0 N–H and O–H groups in total. The highest BCUT2D eigenvalue weighted by Crippen LogP contribution is 2.14. The molecule has 1 aromatic carbocycles. The molecule has 0 aliphatic rings. The number of nitrogens with zero attached hydrogens (tertiary/aromatic N) is 4. The van der Waals surface area contributed by atoms with Crippen LogP contribution < -0.4 is 0 Å². The summed E-state index contributed by atoms with van der Waals surface area (Å²) in [7, 11) is 3.79. The highest BCUT2D eigenvalue weighted by Gasteiger charge is 2.08. The normalized spacial score (nSPS) is 10.7. The molecule has 0 fully saturated rings. The molecule has 1 aromatic heterocycles. The first-order valence-corrected chi connectivity index (χ1v) is 5.93. The lowest BCUT2D eigenvalue weighted by Crippen LogP contribution is -2.17. The van der Waals surface area contributed by atoms with Gasteiger partial charge in [-0.1, -0.05) is 0 Å². The molecule has 4 nitrogen and oxygen atoms in total. The molecule has 0 unspecified atom stereocenters. The Morgan fingerprint density at radius 3 is 2.84 bits per heavy atom. The van der Waals surface area contributed by atoms with Gasteiger partial charge in [0.05, 0.1) is 17.8 Å². The molecule has 19 heavy (non-hydrogen) atoms. The van der Waals surface area contributed by atoms with Gasteiger partial charge in [0.2, 0.25) is 0 Å². The van der Waals surface area contributed by atoms with E-state index >= 15 is 0 Å². The van der Waals surface area contributed by atoms with Crippen molar-refractivity contribution in [1.82, 2.24) is 14.7 Å². The monoisotopic (exact) mass is 258 g/mol. The summed E-state index contributed by atoms with van der Waals surface area (Å²) in [6.45, 7) is 1.23. The van der Waals surface area contributed by atoms with Crippen LogP contribution in [-0.4, -0.2) is 21.7 Å². The standard InChI is InChI=1S/C14H15FN4/c1-18(8-11-7-17-19(2)9-11)10-13-5-14(15)4-3-12(13)6-16/h3-5,7,9H,8,10H2,1-2H3. The minimum absolute atomic E-state index is 0.316. The van der Waals surface area contributed by atoms with Crippen LogP contribution in [0.4, 0.5) is 4.39 Å². The summed E-state index contributed by atoms with van der Waals surface area (Å²) in [5.74, 6) is -0.316. The van der Waals surface area contributed by atoms with Gasteiger partial charge in [-0.3, -0.25) is 9.58 Å². The Bertz CT molecular complexity index is 612. The van der Waals surface area contributed by atoms with Crippen molar-refractivity contribution < 1.29 is 4.39 Å². The lowest BCUT2D eigenvalue weighted by atomic mass is 10.1. The van der Waals surface area contributed by atoms with Gasteiger partial charge in [0.15, 0.2) is 0 Å². The number of hydrogen-bond acceptors (Lipinski definition) is 3. The maximum atomic E-state index is 13.2. The summed E-state index contributed by atoms with van der Waals surface area (Å²) < 4.78 is 15.0. The van der Waals surface area contributed by atoms with Crippen LogP contribution in [0.1, 0.15) is 16.7 Å². The summed E-state index contributed by atoms with van der Waals surface area (Å²) >= 11 is 0. The fraction of sp³-hybridized carbons (Fsp3) is 0.286. The first-order valence-electron chi connectivity index (χ1n) is 5.93. The van der Waals surface area contributed by atoms with Crippen molar-refractivity contribution in [3.8, 4) is 6.07 Å². The minimum atomic E-state index is -0.316. The zero-order valence-electron chi connectivity index (χ0n) is 11.0. The second-order valence-corrected chi connectivity index (χ2v) is 4.61. The Labute approximate surface area is 111 Å². The fourth-order valence-electron chi connectivity index (χ4n) is 2.01. The predicted octanol–water partition coefficient (Wildman–Crippen LogP) is 2.06. The highest BCUT2D eigenvalue weighted by atomic mass is 19.1. The van der Waals surface area contributed by atoms with E-state index < -0.39 is 0 Å². The molecule has 2 rings (SSSR count). The van der Waals surface area contributed by atoms with Crippen LogP contribution in [0.5, 0.6) is 0 Å². The first kappa shape index (κ1) is 13.2. The Kier molecular flexibility index (Phi) is 3.93. The first-order chi connectivity index (χ1) is 9.08. The molecule has 0 saturated carbocycles. The summed E-state index contributed by atoms with van der Waals surface area (Å²) in [6, 6.07) is 6.33. The maximum absolute atomic E-state index is 13.2. The molecule has 98 valence electrons. The van der Waals surface area contributed by atoms with Gasteiger partial charge in [-0.2, -0.15) is 10.4 Å². The van der Waals surface area contributed by atoms with Crippen LogP contribution in [0.3, 0.4) is 0 Å². The summed E-state index contributed by atoms with van der Waals surface area (Å²) in [4.78, 5) is 2.02. The smallest absolute Gasteiger partial charge is 0.123 e. The van der Waals surface area contributed by atoms with Crippen LogP contribution in [0.15, 0.2) is 30.6 Å². The SMILES string of the molecule is CN(Cc1cnn(C)c1)Cc1cc(F)ccc1C#N. The third kappa shape index (κ3) is 3.39. The quantitative estimate of drug-likeness (QED) is 0.843. The van der Waals surface area contributed by atoms with Gasteiger partial charge in [-0.05, 0) is 30.8 Å². The summed E-state index contributed by atoms with van der Waals surface area (Å²) in [5, 5.41) is 13.1. The van der Waals surface area contributed by atoms with E-state index in [0.29, 0.717) is 24.2 Å². The molecule has 0 spiro atoms. The molecule has 5 heteroatoms. The van der Waals surface area contributed by atoms with E-state index in [0.717, 1.165) is 5.56 Å². The lowest BCUT2D eigenvalue weighted by molar-refractivity contribution is 0.318. The van der Waals surface area contributed by atoms with E-state index in [4.69, 9.17) is 5.26 Å². The number of nitriles is 1.